The summed E-state index contributed by atoms with van der Waals surface area (Å²) >= 11 is 5.89. The third-order valence-electron chi connectivity index (χ3n) is 3.71. The first kappa shape index (κ1) is 22.8. The topological polar surface area (TPSA) is 114 Å². The molecule has 0 aliphatic carbocycles. The van der Waals surface area contributed by atoms with Crippen LogP contribution in [0.5, 0.6) is 0 Å². The van der Waals surface area contributed by atoms with Crippen molar-refractivity contribution in [3.63, 3.8) is 0 Å². The van der Waals surface area contributed by atoms with E-state index in [-0.39, 0.29) is 29.8 Å². The molecule has 0 unspecified atom stereocenters. The predicted octanol–water partition coefficient (Wildman–Crippen LogP) is 2.59. The summed E-state index contributed by atoms with van der Waals surface area (Å²) < 4.78 is 17.6. The molecule has 0 aromatic heterocycles. The fourth-order valence-electron chi connectivity index (χ4n) is 2.24. The number of ether oxygens (including phenoxy) is 1. The minimum atomic E-state index is -0.655. The van der Waals surface area contributed by atoms with Crippen molar-refractivity contribution in [2.45, 2.75) is 19.3 Å². The molecule has 2 aromatic carbocycles. The number of anilines is 1. The van der Waals surface area contributed by atoms with Crippen LogP contribution in [0.2, 0.25) is 5.02 Å². The molecule has 0 fully saturated rings. The molecule has 2 rings (SSSR count). The Kier molecular flexibility index (Phi) is 8.76. The van der Waals surface area contributed by atoms with Gasteiger partial charge < -0.3 is 10.1 Å². The van der Waals surface area contributed by atoms with E-state index < -0.39 is 36.1 Å². The largest absolute Gasteiger partial charge is 0.456 e. The van der Waals surface area contributed by atoms with Crippen LogP contribution in [-0.4, -0.2) is 30.3 Å². The summed E-state index contributed by atoms with van der Waals surface area (Å²) in [6, 6.07) is 11.5. The van der Waals surface area contributed by atoms with Gasteiger partial charge in [-0.3, -0.25) is 30.0 Å². The second kappa shape index (κ2) is 11.5. The zero-order valence-electron chi connectivity index (χ0n) is 15.7. The van der Waals surface area contributed by atoms with Crippen LogP contribution in [0.4, 0.5) is 10.1 Å². The van der Waals surface area contributed by atoms with Gasteiger partial charge in [0.1, 0.15) is 5.82 Å². The van der Waals surface area contributed by atoms with E-state index in [2.05, 4.69) is 16.2 Å². The molecule has 0 heterocycles. The number of amides is 3. The van der Waals surface area contributed by atoms with Gasteiger partial charge in [-0.2, -0.15) is 0 Å². The molecule has 0 saturated carbocycles. The summed E-state index contributed by atoms with van der Waals surface area (Å²) in [6.07, 6.45) is 0.0294. The summed E-state index contributed by atoms with van der Waals surface area (Å²) in [7, 11) is 0. The average Bonchev–Trinajstić information content (AvgIpc) is 2.72. The highest BCUT2D eigenvalue weighted by atomic mass is 35.5. The van der Waals surface area contributed by atoms with Gasteiger partial charge in [0.15, 0.2) is 6.61 Å². The lowest BCUT2D eigenvalue weighted by molar-refractivity contribution is -0.147. The Labute approximate surface area is 176 Å². The fourth-order valence-corrected chi connectivity index (χ4v) is 2.47. The molecule has 158 valence electrons. The second-order valence-corrected chi connectivity index (χ2v) is 6.46. The van der Waals surface area contributed by atoms with Gasteiger partial charge in [0.2, 0.25) is 5.91 Å². The van der Waals surface area contributed by atoms with Crippen molar-refractivity contribution < 1.29 is 28.3 Å². The van der Waals surface area contributed by atoms with E-state index in [1.807, 2.05) is 0 Å². The molecule has 0 spiro atoms. The van der Waals surface area contributed by atoms with E-state index in [1.54, 1.807) is 18.2 Å². The third-order valence-corrected chi connectivity index (χ3v) is 4.04. The Bertz CT molecular complexity index is 921. The number of benzene rings is 2. The maximum Gasteiger partial charge on any atom is 0.306 e. The smallest absolute Gasteiger partial charge is 0.306 e. The van der Waals surface area contributed by atoms with Crippen molar-refractivity contribution in [1.82, 2.24) is 10.9 Å². The van der Waals surface area contributed by atoms with Crippen molar-refractivity contribution in [2.75, 3.05) is 11.9 Å². The number of esters is 1. The van der Waals surface area contributed by atoms with Crippen molar-refractivity contribution in [3.05, 3.63) is 64.9 Å². The minimum Gasteiger partial charge on any atom is -0.456 e. The van der Waals surface area contributed by atoms with E-state index in [0.717, 1.165) is 0 Å². The zero-order chi connectivity index (χ0) is 21.9. The van der Waals surface area contributed by atoms with Gasteiger partial charge in [-0.05, 0) is 42.8 Å². The Morgan fingerprint density at radius 2 is 1.60 bits per heavy atom. The van der Waals surface area contributed by atoms with E-state index in [0.29, 0.717) is 5.69 Å². The summed E-state index contributed by atoms with van der Waals surface area (Å²) in [6.45, 7) is -0.504. The Balaban J connectivity index is 1.60. The first-order valence-electron chi connectivity index (χ1n) is 8.90. The minimum absolute atomic E-state index is 0.0420. The summed E-state index contributed by atoms with van der Waals surface area (Å²) in [5.74, 6) is -2.74. The van der Waals surface area contributed by atoms with Crippen molar-refractivity contribution in [3.8, 4) is 0 Å². The van der Waals surface area contributed by atoms with Gasteiger partial charge in [0, 0.05) is 18.5 Å². The van der Waals surface area contributed by atoms with Gasteiger partial charge in [-0.15, -0.1) is 0 Å². The SMILES string of the molecule is O=C(CCCC(=O)OCC(=O)Nc1ccc(F)cc1)NNC(=O)c1ccccc1Cl. The normalized spacial score (nSPS) is 10.1. The molecule has 30 heavy (non-hydrogen) atoms. The van der Waals surface area contributed by atoms with Crippen LogP contribution >= 0.6 is 11.6 Å². The zero-order valence-corrected chi connectivity index (χ0v) is 16.5. The number of hydrogen-bond donors (Lipinski definition) is 3. The van der Waals surface area contributed by atoms with Crippen LogP contribution in [0.1, 0.15) is 29.6 Å². The first-order chi connectivity index (χ1) is 14.3. The molecule has 0 atom stereocenters. The summed E-state index contributed by atoms with van der Waals surface area (Å²) in [5.41, 5.74) is 5.03. The van der Waals surface area contributed by atoms with Crippen LogP contribution in [-0.2, 0) is 19.1 Å². The summed E-state index contributed by atoms with van der Waals surface area (Å²) in [4.78, 5) is 47.0. The van der Waals surface area contributed by atoms with Gasteiger partial charge in [-0.1, -0.05) is 23.7 Å². The monoisotopic (exact) mass is 435 g/mol. The number of nitrogens with one attached hydrogen (secondary N) is 3. The molecule has 8 nitrogen and oxygen atoms in total. The maximum atomic E-state index is 12.8. The van der Waals surface area contributed by atoms with E-state index >= 15 is 0 Å². The standard InChI is InChI=1S/C20H19ClFN3O5/c21-16-5-2-1-4-15(16)20(29)25-24-17(26)6-3-7-19(28)30-12-18(27)23-14-10-8-13(22)9-11-14/h1-2,4-5,8-11H,3,6-7,12H2,(H,23,27)(H,24,26)(H,25,29). The highest BCUT2D eigenvalue weighted by Gasteiger charge is 2.12. The van der Waals surface area contributed by atoms with E-state index in [9.17, 15) is 23.6 Å². The number of carbonyl (C=O) groups is 4. The Hall–Kier alpha value is -3.46. The van der Waals surface area contributed by atoms with Gasteiger partial charge in [0.05, 0.1) is 10.6 Å². The molecule has 2 aromatic rings. The molecule has 0 radical (unpaired) electrons. The van der Waals surface area contributed by atoms with Gasteiger partial charge >= 0.3 is 5.97 Å². The van der Waals surface area contributed by atoms with Crippen molar-refractivity contribution in [1.29, 1.82) is 0 Å². The van der Waals surface area contributed by atoms with Crippen LogP contribution in [0.15, 0.2) is 48.5 Å². The fraction of sp³-hybridized carbons (Fsp3) is 0.200. The lowest BCUT2D eigenvalue weighted by atomic mass is 10.2. The van der Waals surface area contributed by atoms with E-state index in [1.165, 1.54) is 30.3 Å². The number of hydrogen-bond acceptors (Lipinski definition) is 5. The maximum absolute atomic E-state index is 12.8. The quantitative estimate of drug-likeness (QED) is 0.435. The Morgan fingerprint density at radius 1 is 0.900 bits per heavy atom. The molecule has 3 amide bonds. The second-order valence-electron chi connectivity index (χ2n) is 6.05. The van der Waals surface area contributed by atoms with Crippen LogP contribution in [0.3, 0.4) is 0 Å². The van der Waals surface area contributed by atoms with Crippen molar-refractivity contribution >= 4 is 41.0 Å². The molecule has 0 bridgehead atoms. The molecule has 10 heteroatoms. The number of rotatable bonds is 8. The summed E-state index contributed by atoms with van der Waals surface area (Å²) in [5, 5.41) is 2.69. The van der Waals surface area contributed by atoms with Gasteiger partial charge in [0.25, 0.3) is 11.8 Å². The van der Waals surface area contributed by atoms with Gasteiger partial charge in [-0.25, -0.2) is 4.39 Å². The molecule has 3 N–H and O–H groups in total. The molecular weight excluding hydrogens is 417 g/mol. The van der Waals surface area contributed by atoms with Crippen LogP contribution in [0.25, 0.3) is 0 Å². The number of halogens is 2. The highest BCUT2D eigenvalue weighted by molar-refractivity contribution is 6.33. The lowest BCUT2D eigenvalue weighted by Crippen LogP contribution is -2.41. The highest BCUT2D eigenvalue weighted by Crippen LogP contribution is 2.14. The van der Waals surface area contributed by atoms with Crippen LogP contribution in [0, 0.1) is 5.82 Å². The molecule has 0 aliphatic heterocycles. The predicted molar refractivity (Wildman–Crippen MR) is 107 cm³/mol. The van der Waals surface area contributed by atoms with E-state index in [4.69, 9.17) is 16.3 Å². The molecule has 0 saturated heterocycles. The first-order valence-corrected chi connectivity index (χ1v) is 9.27. The number of carbonyl (C=O) groups excluding carboxylic acids is 4. The Morgan fingerprint density at radius 3 is 2.30 bits per heavy atom. The van der Waals surface area contributed by atoms with Crippen LogP contribution < -0.4 is 16.2 Å². The molecule has 0 aliphatic rings. The lowest BCUT2D eigenvalue weighted by Gasteiger charge is -2.08. The molecular formula is C20H19ClFN3O5. The number of hydrazine groups is 1. The third kappa shape index (κ3) is 7.88. The average molecular weight is 436 g/mol. The van der Waals surface area contributed by atoms with Crippen molar-refractivity contribution in [2.24, 2.45) is 0 Å².